The third-order valence-electron chi connectivity index (χ3n) is 3.45. The Morgan fingerprint density at radius 3 is 2.42 bits per heavy atom. The first kappa shape index (κ1) is 17.4. The molecule has 2 heterocycles. The fourth-order valence-electron chi connectivity index (χ4n) is 2.40. The maximum Gasteiger partial charge on any atom is 0.412 e. The number of benzene rings is 1. The molecule has 0 atom stereocenters. The van der Waals surface area contributed by atoms with Crippen molar-refractivity contribution in [2.75, 3.05) is 5.32 Å². The summed E-state index contributed by atoms with van der Waals surface area (Å²) in [6.07, 6.45) is 1.16. The molecule has 0 radical (unpaired) electrons. The Morgan fingerprint density at radius 2 is 1.81 bits per heavy atom. The minimum atomic E-state index is -1.06. The second-order valence-corrected chi connectivity index (χ2v) is 6.65. The number of carbonyl (C=O) groups is 2. The number of amides is 1. The van der Waals surface area contributed by atoms with Crippen LogP contribution in [0, 0.1) is 0 Å². The number of pyridine rings is 1. The summed E-state index contributed by atoms with van der Waals surface area (Å²) < 4.78 is 6.82. The van der Waals surface area contributed by atoms with Crippen LogP contribution in [0.25, 0.3) is 17.0 Å². The molecule has 0 unspecified atom stereocenters. The molecule has 8 nitrogen and oxygen atoms in total. The normalized spacial score (nSPS) is 11.3. The summed E-state index contributed by atoms with van der Waals surface area (Å²) >= 11 is 0. The minimum Gasteiger partial charge on any atom is -0.478 e. The minimum absolute atomic E-state index is 0.0782. The number of anilines is 1. The lowest BCUT2D eigenvalue weighted by molar-refractivity contribution is 0.0634. The summed E-state index contributed by atoms with van der Waals surface area (Å²) in [6, 6.07) is 10.0. The van der Waals surface area contributed by atoms with Crippen LogP contribution in [0.1, 0.15) is 31.1 Å². The molecule has 0 saturated heterocycles. The third-order valence-corrected chi connectivity index (χ3v) is 3.45. The van der Waals surface area contributed by atoms with Crippen LogP contribution >= 0.6 is 0 Å². The van der Waals surface area contributed by atoms with Crippen molar-refractivity contribution in [3.8, 4) is 11.4 Å². The Morgan fingerprint density at radius 1 is 1.12 bits per heavy atom. The molecule has 2 N–H and O–H groups in total. The van der Waals surface area contributed by atoms with Gasteiger partial charge in [-0.05, 0) is 57.2 Å². The van der Waals surface area contributed by atoms with E-state index in [1.807, 2.05) is 0 Å². The van der Waals surface area contributed by atoms with Crippen molar-refractivity contribution in [2.24, 2.45) is 0 Å². The molecular weight excluding hydrogens is 336 g/mol. The number of ether oxygens (including phenoxy) is 1. The number of carbonyl (C=O) groups excluding carboxylic acids is 1. The van der Waals surface area contributed by atoms with Crippen LogP contribution in [0.15, 0.2) is 42.6 Å². The fraction of sp³-hybridized carbons (Fsp3) is 0.222. The number of aromatic nitrogens is 3. The van der Waals surface area contributed by atoms with Crippen molar-refractivity contribution >= 4 is 23.4 Å². The highest BCUT2D eigenvalue weighted by Gasteiger charge is 2.17. The number of rotatable bonds is 3. The van der Waals surface area contributed by atoms with E-state index in [4.69, 9.17) is 4.74 Å². The number of hydrogen-bond acceptors (Lipinski definition) is 5. The first-order chi connectivity index (χ1) is 12.2. The SMILES string of the molecule is CC(C)(C)OC(=O)Nc1ccc(-c2nnc3c(C(=O)O)cccn23)cc1. The average Bonchev–Trinajstić information content (AvgIpc) is 2.97. The molecule has 3 aromatic rings. The van der Waals surface area contributed by atoms with Gasteiger partial charge >= 0.3 is 12.1 Å². The second-order valence-electron chi connectivity index (χ2n) is 6.65. The highest BCUT2D eigenvalue weighted by atomic mass is 16.6. The Bertz CT molecular complexity index is 971. The van der Waals surface area contributed by atoms with Gasteiger partial charge in [0.25, 0.3) is 0 Å². The van der Waals surface area contributed by atoms with Crippen LogP contribution in [0.3, 0.4) is 0 Å². The summed E-state index contributed by atoms with van der Waals surface area (Å²) in [5.74, 6) is -0.557. The molecule has 0 spiro atoms. The Labute approximate surface area is 149 Å². The average molecular weight is 354 g/mol. The first-order valence-corrected chi connectivity index (χ1v) is 7.92. The van der Waals surface area contributed by atoms with Gasteiger partial charge in [-0.25, -0.2) is 9.59 Å². The topological polar surface area (TPSA) is 106 Å². The Kier molecular flexibility index (Phi) is 4.33. The van der Waals surface area contributed by atoms with E-state index in [9.17, 15) is 14.7 Å². The predicted molar refractivity (Wildman–Crippen MR) is 95.2 cm³/mol. The van der Waals surface area contributed by atoms with Crippen LogP contribution in [0.4, 0.5) is 10.5 Å². The van der Waals surface area contributed by atoms with Crippen molar-refractivity contribution in [2.45, 2.75) is 26.4 Å². The molecule has 0 saturated carbocycles. The van der Waals surface area contributed by atoms with Gasteiger partial charge in [-0.2, -0.15) is 0 Å². The van der Waals surface area contributed by atoms with Gasteiger partial charge in [0.15, 0.2) is 11.5 Å². The van der Waals surface area contributed by atoms with Crippen molar-refractivity contribution in [1.82, 2.24) is 14.6 Å². The van der Waals surface area contributed by atoms with E-state index in [2.05, 4.69) is 15.5 Å². The van der Waals surface area contributed by atoms with Crippen molar-refractivity contribution < 1.29 is 19.4 Å². The summed E-state index contributed by atoms with van der Waals surface area (Å²) in [6.45, 7) is 5.37. The van der Waals surface area contributed by atoms with Gasteiger partial charge in [0.2, 0.25) is 0 Å². The zero-order chi connectivity index (χ0) is 18.9. The van der Waals surface area contributed by atoms with Gasteiger partial charge in [-0.3, -0.25) is 9.72 Å². The molecule has 26 heavy (non-hydrogen) atoms. The second kappa shape index (κ2) is 6.47. The lowest BCUT2D eigenvalue weighted by atomic mass is 10.2. The van der Waals surface area contributed by atoms with Crippen LogP contribution in [-0.4, -0.2) is 37.4 Å². The molecular formula is C18H18N4O4. The number of aromatic carboxylic acids is 1. The lowest BCUT2D eigenvalue weighted by Crippen LogP contribution is -2.27. The van der Waals surface area contributed by atoms with E-state index in [1.165, 1.54) is 6.07 Å². The zero-order valence-corrected chi connectivity index (χ0v) is 14.6. The molecule has 0 fully saturated rings. The fourth-order valence-corrected chi connectivity index (χ4v) is 2.40. The predicted octanol–water partition coefficient (Wildman–Crippen LogP) is 3.44. The van der Waals surface area contributed by atoms with E-state index in [1.54, 1.807) is 61.7 Å². The number of nitrogens with one attached hydrogen (secondary N) is 1. The van der Waals surface area contributed by atoms with E-state index in [0.29, 0.717) is 11.5 Å². The monoisotopic (exact) mass is 354 g/mol. The largest absolute Gasteiger partial charge is 0.478 e. The highest BCUT2D eigenvalue weighted by molar-refractivity contribution is 5.94. The molecule has 1 aromatic carbocycles. The standard InChI is InChI=1S/C18H18N4O4/c1-18(2,3)26-17(25)19-12-8-6-11(7-9-12)14-20-21-15-13(16(23)24)5-4-10-22(14)15/h4-10H,1-3H3,(H,19,25)(H,23,24). The van der Waals surface area contributed by atoms with E-state index >= 15 is 0 Å². The maximum absolute atomic E-state index is 11.8. The Balaban J connectivity index is 1.85. The molecule has 1 amide bonds. The number of hydrogen-bond donors (Lipinski definition) is 2. The first-order valence-electron chi connectivity index (χ1n) is 7.92. The molecule has 0 aliphatic rings. The van der Waals surface area contributed by atoms with Crippen LogP contribution in [0.2, 0.25) is 0 Å². The summed E-state index contributed by atoms with van der Waals surface area (Å²) in [4.78, 5) is 23.1. The van der Waals surface area contributed by atoms with Crippen molar-refractivity contribution in [1.29, 1.82) is 0 Å². The highest BCUT2D eigenvalue weighted by Crippen LogP contribution is 2.22. The van der Waals surface area contributed by atoms with Crippen LogP contribution in [0.5, 0.6) is 0 Å². The summed E-state index contributed by atoms with van der Waals surface area (Å²) in [5.41, 5.74) is 1.07. The van der Waals surface area contributed by atoms with Crippen LogP contribution < -0.4 is 5.32 Å². The zero-order valence-electron chi connectivity index (χ0n) is 14.6. The molecule has 2 aromatic heterocycles. The van der Waals surface area contributed by atoms with Crippen molar-refractivity contribution in [3.05, 3.63) is 48.2 Å². The van der Waals surface area contributed by atoms with Crippen LogP contribution in [-0.2, 0) is 4.74 Å². The van der Waals surface area contributed by atoms with E-state index in [-0.39, 0.29) is 11.2 Å². The molecule has 3 rings (SSSR count). The van der Waals surface area contributed by atoms with Gasteiger partial charge in [0.1, 0.15) is 11.2 Å². The summed E-state index contributed by atoms with van der Waals surface area (Å²) in [5, 5.41) is 19.9. The summed E-state index contributed by atoms with van der Waals surface area (Å²) in [7, 11) is 0. The van der Waals surface area contributed by atoms with E-state index < -0.39 is 17.7 Å². The number of fused-ring (bicyclic) bond motifs is 1. The van der Waals surface area contributed by atoms with Gasteiger partial charge in [0, 0.05) is 17.4 Å². The quantitative estimate of drug-likeness (QED) is 0.746. The molecule has 0 bridgehead atoms. The van der Waals surface area contributed by atoms with Crippen molar-refractivity contribution in [3.63, 3.8) is 0 Å². The smallest absolute Gasteiger partial charge is 0.412 e. The Hall–Kier alpha value is -3.42. The van der Waals surface area contributed by atoms with Gasteiger partial charge in [-0.1, -0.05) is 0 Å². The van der Waals surface area contributed by atoms with Gasteiger partial charge in [0.05, 0.1) is 0 Å². The molecule has 8 heteroatoms. The molecule has 0 aliphatic heterocycles. The van der Waals surface area contributed by atoms with Gasteiger partial charge < -0.3 is 9.84 Å². The molecule has 0 aliphatic carbocycles. The van der Waals surface area contributed by atoms with Gasteiger partial charge in [-0.15, -0.1) is 10.2 Å². The molecule has 134 valence electrons. The number of carboxylic acids is 1. The third kappa shape index (κ3) is 3.64. The van der Waals surface area contributed by atoms with E-state index in [0.717, 1.165) is 5.56 Å². The maximum atomic E-state index is 11.8. The number of carboxylic acid groups (broad SMARTS) is 1. The number of nitrogens with zero attached hydrogens (tertiary/aromatic N) is 3. The lowest BCUT2D eigenvalue weighted by Gasteiger charge is -2.19.